The van der Waals surface area contributed by atoms with E-state index in [2.05, 4.69) is 4.90 Å². The molecule has 2 fully saturated rings. The summed E-state index contributed by atoms with van der Waals surface area (Å²) in [5.74, 6) is -0.795. The second-order valence-corrected chi connectivity index (χ2v) is 8.75. The van der Waals surface area contributed by atoms with E-state index in [1.54, 1.807) is 23.1 Å². The number of para-hydroxylation sites is 1. The third-order valence-corrected chi connectivity index (χ3v) is 6.71. The zero-order valence-corrected chi connectivity index (χ0v) is 18.4. The van der Waals surface area contributed by atoms with Gasteiger partial charge < -0.3 is 14.5 Å². The second kappa shape index (κ2) is 8.56. The number of nitrogens with zero attached hydrogens (tertiary/aromatic N) is 3. The summed E-state index contributed by atoms with van der Waals surface area (Å²) in [5.41, 5.74) is 2.05. The molecule has 0 aromatic heterocycles. The predicted molar refractivity (Wildman–Crippen MR) is 120 cm³/mol. The monoisotopic (exact) mass is 453 g/mol. The van der Waals surface area contributed by atoms with Crippen LogP contribution in [0.2, 0.25) is 5.02 Å². The molecule has 1 unspecified atom stereocenters. The minimum Gasteiger partial charge on any atom is -0.376 e. The van der Waals surface area contributed by atoms with Crippen molar-refractivity contribution in [2.45, 2.75) is 18.9 Å². The zero-order valence-electron chi connectivity index (χ0n) is 17.6. The quantitative estimate of drug-likeness (QED) is 0.665. The Bertz CT molecular complexity index is 1070. The van der Waals surface area contributed by atoms with Crippen molar-refractivity contribution >= 4 is 35.0 Å². The van der Waals surface area contributed by atoms with Gasteiger partial charge in [0, 0.05) is 38.3 Å². The molecule has 0 radical (unpaired) electrons. The number of fused-ring (bicyclic) bond motifs is 1. The van der Waals surface area contributed by atoms with Crippen LogP contribution in [0.5, 0.6) is 0 Å². The highest BCUT2D eigenvalue weighted by molar-refractivity contribution is 6.33. The third kappa shape index (κ3) is 3.76. The van der Waals surface area contributed by atoms with Crippen LogP contribution in [0.4, 0.5) is 5.69 Å². The van der Waals surface area contributed by atoms with Crippen LogP contribution in [-0.4, -0.2) is 73.0 Å². The van der Waals surface area contributed by atoms with Crippen molar-refractivity contribution in [1.82, 2.24) is 9.80 Å². The van der Waals surface area contributed by atoms with Crippen LogP contribution in [0, 0.1) is 0 Å². The van der Waals surface area contributed by atoms with E-state index in [-0.39, 0.29) is 30.4 Å². The van der Waals surface area contributed by atoms with Gasteiger partial charge in [-0.2, -0.15) is 0 Å². The summed E-state index contributed by atoms with van der Waals surface area (Å²) < 4.78 is 5.58. The van der Waals surface area contributed by atoms with E-state index in [0.717, 1.165) is 18.5 Å². The average molecular weight is 454 g/mol. The number of imide groups is 1. The lowest BCUT2D eigenvalue weighted by Crippen LogP contribution is -2.48. The van der Waals surface area contributed by atoms with Crippen molar-refractivity contribution in [3.8, 4) is 0 Å². The van der Waals surface area contributed by atoms with E-state index in [1.807, 2.05) is 24.3 Å². The SMILES string of the molecule is O=C(c1ccc2c(c1)C(=O)N(CC1CCCO1)C2=O)N1CCN(c2ccccc2Cl)CC1. The maximum Gasteiger partial charge on any atom is 0.261 e. The van der Waals surface area contributed by atoms with Gasteiger partial charge in [-0.3, -0.25) is 19.3 Å². The highest BCUT2D eigenvalue weighted by Crippen LogP contribution is 2.28. The Morgan fingerprint density at radius 3 is 2.47 bits per heavy atom. The number of anilines is 1. The Hall–Kier alpha value is -2.90. The highest BCUT2D eigenvalue weighted by Gasteiger charge is 2.38. The molecule has 0 aliphatic carbocycles. The molecule has 0 spiro atoms. The highest BCUT2D eigenvalue weighted by atomic mass is 35.5. The molecule has 166 valence electrons. The van der Waals surface area contributed by atoms with Gasteiger partial charge >= 0.3 is 0 Å². The number of carbonyl (C=O) groups excluding carboxylic acids is 3. The topological polar surface area (TPSA) is 70.2 Å². The molecule has 3 heterocycles. The van der Waals surface area contributed by atoms with Crippen LogP contribution in [0.15, 0.2) is 42.5 Å². The summed E-state index contributed by atoms with van der Waals surface area (Å²) in [6, 6.07) is 12.5. The fourth-order valence-corrected chi connectivity index (χ4v) is 4.88. The summed E-state index contributed by atoms with van der Waals surface area (Å²) in [5, 5.41) is 0.696. The molecule has 2 saturated heterocycles. The molecule has 0 saturated carbocycles. The van der Waals surface area contributed by atoms with Gasteiger partial charge in [0.15, 0.2) is 0 Å². The minimum absolute atomic E-state index is 0.104. The normalized spacial score (nSPS) is 20.8. The van der Waals surface area contributed by atoms with Crippen molar-refractivity contribution in [3.05, 3.63) is 64.2 Å². The van der Waals surface area contributed by atoms with E-state index >= 15 is 0 Å². The Morgan fingerprint density at radius 2 is 1.75 bits per heavy atom. The standard InChI is InChI=1S/C24H24ClN3O4/c25-20-5-1-2-6-21(20)26-9-11-27(12-10-26)22(29)16-7-8-18-19(14-16)24(31)28(23(18)30)15-17-4-3-13-32-17/h1-2,5-8,14,17H,3-4,9-13,15H2. The van der Waals surface area contributed by atoms with Crippen molar-refractivity contribution in [2.24, 2.45) is 0 Å². The lowest BCUT2D eigenvalue weighted by molar-refractivity contribution is 0.0475. The number of benzene rings is 2. The Balaban J connectivity index is 1.27. The molecule has 8 heteroatoms. The van der Waals surface area contributed by atoms with Crippen LogP contribution in [0.1, 0.15) is 43.9 Å². The summed E-state index contributed by atoms with van der Waals surface area (Å²) in [4.78, 5) is 43.9. The van der Waals surface area contributed by atoms with Crippen LogP contribution >= 0.6 is 11.6 Å². The van der Waals surface area contributed by atoms with E-state index < -0.39 is 0 Å². The summed E-state index contributed by atoms with van der Waals surface area (Å²) in [6.07, 6.45) is 1.68. The van der Waals surface area contributed by atoms with Gasteiger partial charge in [-0.1, -0.05) is 23.7 Å². The van der Waals surface area contributed by atoms with Crippen molar-refractivity contribution < 1.29 is 19.1 Å². The van der Waals surface area contributed by atoms with Gasteiger partial charge in [0.2, 0.25) is 0 Å². The first kappa shape index (κ1) is 21.0. The molecule has 0 bridgehead atoms. The third-order valence-electron chi connectivity index (χ3n) is 6.39. The van der Waals surface area contributed by atoms with Crippen molar-refractivity contribution in [2.75, 3.05) is 44.2 Å². The number of rotatable bonds is 4. The molecule has 2 aromatic rings. The number of carbonyl (C=O) groups is 3. The van der Waals surface area contributed by atoms with E-state index in [4.69, 9.17) is 16.3 Å². The molecule has 7 nitrogen and oxygen atoms in total. The molecule has 3 aliphatic heterocycles. The molecule has 5 rings (SSSR count). The molecule has 3 aliphatic rings. The first-order chi connectivity index (χ1) is 15.5. The summed E-state index contributed by atoms with van der Waals surface area (Å²) >= 11 is 6.30. The molecule has 0 N–H and O–H groups in total. The maximum absolute atomic E-state index is 13.1. The number of halogens is 1. The van der Waals surface area contributed by atoms with E-state index in [9.17, 15) is 14.4 Å². The number of ether oxygens (including phenoxy) is 1. The lowest BCUT2D eigenvalue weighted by atomic mass is 10.0. The molecular weight excluding hydrogens is 430 g/mol. The smallest absolute Gasteiger partial charge is 0.261 e. The van der Waals surface area contributed by atoms with Crippen molar-refractivity contribution in [1.29, 1.82) is 0 Å². The Kier molecular flexibility index (Phi) is 5.61. The van der Waals surface area contributed by atoms with E-state index in [0.29, 0.717) is 54.5 Å². The summed E-state index contributed by atoms with van der Waals surface area (Å²) in [6.45, 7) is 3.38. The van der Waals surface area contributed by atoms with Crippen LogP contribution in [-0.2, 0) is 4.74 Å². The van der Waals surface area contributed by atoms with Gasteiger partial charge in [-0.05, 0) is 43.2 Å². The molecular formula is C24H24ClN3O4. The predicted octanol–water partition coefficient (Wildman–Crippen LogP) is 3.08. The van der Waals surface area contributed by atoms with Crippen LogP contribution in [0.25, 0.3) is 0 Å². The first-order valence-electron chi connectivity index (χ1n) is 10.9. The molecule has 3 amide bonds. The van der Waals surface area contributed by atoms with Crippen LogP contribution in [0.3, 0.4) is 0 Å². The molecule has 1 atom stereocenters. The zero-order chi connectivity index (χ0) is 22.2. The maximum atomic E-state index is 13.1. The number of hydrogen-bond donors (Lipinski definition) is 0. The van der Waals surface area contributed by atoms with Gasteiger partial charge in [-0.25, -0.2) is 0 Å². The van der Waals surface area contributed by atoms with E-state index in [1.165, 1.54) is 4.90 Å². The van der Waals surface area contributed by atoms with Crippen LogP contribution < -0.4 is 4.90 Å². The largest absolute Gasteiger partial charge is 0.376 e. The molecule has 2 aromatic carbocycles. The second-order valence-electron chi connectivity index (χ2n) is 8.35. The fraction of sp³-hybridized carbons (Fsp3) is 0.375. The fourth-order valence-electron chi connectivity index (χ4n) is 4.62. The average Bonchev–Trinajstić information content (AvgIpc) is 3.42. The first-order valence-corrected chi connectivity index (χ1v) is 11.3. The van der Waals surface area contributed by atoms with Gasteiger partial charge in [0.1, 0.15) is 0 Å². The number of hydrogen-bond acceptors (Lipinski definition) is 5. The van der Waals surface area contributed by atoms with Gasteiger partial charge in [0.05, 0.1) is 34.5 Å². The Labute approximate surface area is 191 Å². The number of amides is 3. The van der Waals surface area contributed by atoms with Crippen molar-refractivity contribution in [3.63, 3.8) is 0 Å². The Morgan fingerprint density at radius 1 is 1.00 bits per heavy atom. The van der Waals surface area contributed by atoms with Gasteiger partial charge in [0.25, 0.3) is 17.7 Å². The minimum atomic E-state index is -0.348. The lowest BCUT2D eigenvalue weighted by Gasteiger charge is -2.36. The molecule has 32 heavy (non-hydrogen) atoms. The summed E-state index contributed by atoms with van der Waals surface area (Å²) in [7, 11) is 0. The number of piperazine rings is 1. The van der Waals surface area contributed by atoms with Gasteiger partial charge in [-0.15, -0.1) is 0 Å².